The Morgan fingerprint density at radius 2 is 1.60 bits per heavy atom. The van der Waals surface area contributed by atoms with Crippen LogP contribution in [0.15, 0.2) is 48.5 Å². The zero-order valence-corrected chi connectivity index (χ0v) is 14.0. The zero-order valence-electron chi connectivity index (χ0n) is 14.0. The van der Waals surface area contributed by atoms with Gasteiger partial charge < -0.3 is 10.1 Å². The summed E-state index contributed by atoms with van der Waals surface area (Å²) >= 11 is 0. The summed E-state index contributed by atoms with van der Waals surface area (Å²) in [6, 6.07) is 12.4. The van der Waals surface area contributed by atoms with Crippen LogP contribution in [0.4, 0.5) is 9.18 Å². The maximum Gasteiger partial charge on any atom is 0.321 e. The van der Waals surface area contributed by atoms with E-state index in [1.54, 1.807) is 31.4 Å². The van der Waals surface area contributed by atoms with Gasteiger partial charge in [0.2, 0.25) is 5.91 Å². The van der Waals surface area contributed by atoms with Crippen LogP contribution in [0.25, 0.3) is 0 Å². The molecule has 0 bridgehead atoms. The molecule has 25 heavy (non-hydrogen) atoms. The maximum absolute atomic E-state index is 13.2. The summed E-state index contributed by atoms with van der Waals surface area (Å²) < 4.78 is 18.3. The van der Waals surface area contributed by atoms with Crippen molar-refractivity contribution in [1.29, 1.82) is 0 Å². The largest absolute Gasteiger partial charge is 0.497 e. The lowest BCUT2D eigenvalue weighted by Crippen LogP contribution is -2.42. The minimum absolute atomic E-state index is 0.0819. The number of methoxy groups -OCH3 is 1. The average Bonchev–Trinajstić information content (AvgIpc) is 2.63. The molecule has 1 atom stereocenters. The molecule has 2 aromatic rings. The van der Waals surface area contributed by atoms with E-state index < -0.39 is 11.9 Å². The SMILES string of the molecule is CNC(=O)NC(=O)CN[C@H](c1ccc(F)cc1)c1ccc(OC)cc1. The molecule has 0 aliphatic rings. The van der Waals surface area contributed by atoms with E-state index >= 15 is 0 Å². The molecule has 6 nitrogen and oxygen atoms in total. The van der Waals surface area contributed by atoms with Crippen LogP contribution in [0.1, 0.15) is 17.2 Å². The van der Waals surface area contributed by atoms with E-state index in [0.29, 0.717) is 5.75 Å². The molecule has 0 fully saturated rings. The number of carbonyl (C=O) groups is 2. The molecule has 7 heteroatoms. The number of imide groups is 1. The number of rotatable bonds is 6. The van der Waals surface area contributed by atoms with Crippen LogP contribution >= 0.6 is 0 Å². The van der Waals surface area contributed by atoms with Gasteiger partial charge in [-0.05, 0) is 35.4 Å². The van der Waals surface area contributed by atoms with Crippen molar-refractivity contribution >= 4 is 11.9 Å². The number of urea groups is 1. The normalized spacial score (nSPS) is 11.5. The third kappa shape index (κ3) is 5.29. The second-order valence-corrected chi connectivity index (χ2v) is 5.27. The van der Waals surface area contributed by atoms with Crippen molar-refractivity contribution in [2.45, 2.75) is 6.04 Å². The Hall–Kier alpha value is -2.93. The summed E-state index contributed by atoms with van der Waals surface area (Å²) in [4.78, 5) is 23.0. The molecule has 3 amide bonds. The van der Waals surface area contributed by atoms with E-state index in [-0.39, 0.29) is 18.4 Å². The first-order valence-corrected chi connectivity index (χ1v) is 7.68. The quantitative estimate of drug-likeness (QED) is 0.748. The van der Waals surface area contributed by atoms with E-state index in [1.165, 1.54) is 19.2 Å². The van der Waals surface area contributed by atoms with E-state index in [4.69, 9.17) is 4.74 Å². The molecule has 0 saturated heterocycles. The lowest BCUT2D eigenvalue weighted by Gasteiger charge is -2.20. The fourth-order valence-electron chi connectivity index (χ4n) is 2.31. The third-order valence-electron chi connectivity index (χ3n) is 3.60. The van der Waals surface area contributed by atoms with Gasteiger partial charge in [-0.3, -0.25) is 15.4 Å². The predicted molar refractivity (Wildman–Crippen MR) is 91.8 cm³/mol. The van der Waals surface area contributed by atoms with Gasteiger partial charge in [0, 0.05) is 7.05 Å². The number of nitrogens with one attached hydrogen (secondary N) is 3. The summed E-state index contributed by atoms with van der Waals surface area (Å²) in [7, 11) is 3.00. The molecule has 2 aromatic carbocycles. The second kappa shape index (κ2) is 8.79. The highest BCUT2D eigenvalue weighted by atomic mass is 19.1. The summed E-state index contributed by atoms with van der Waals surface area (Å²) in [5.74, 6) is -0.103. The van der Waals surface area contributed by atoms with Gasteiger partial charge in [-0.25, -0.2) is 9.18 Å². The van der Waals surface area contributed by atoms with Gasteiger partial charge in [-0.2, -0.15) is 0 Å². The highest BCUT2D eigenvalue weighted by Crippen LogP contribution is 2.24. The topological polar surface area (TPSA) is 79.5 Å². The Balaban J connectivity index is 2.18. The van der Waals surface area contributed by atoms with Crippen LogP contribution in [0.3, 0.4) is 0 Å². The van der Waals surface area contributed by atoms with E-state index in [1.807, 2.05) is 12.1 Å². The van der Waals surface area contributed by atoms with Crippen molar-refractivity contribution in [2.24, 2.45) is 0 Å². The first-order chi connectivity index (χ1) is 12.0. The van der Waals surface area contributed by atoms with Crippen LogP contribution in [0, 0.1) is 5.82 Å². The number of ether oxygens (including phenoxy) is 1. The molecule has 0 heterocycles. The molecular weight excluding hydrogens is 325 g/mol. The van der Waals surface area contributed by atoms with Gasteiger partial charge in [-0.15, -0.1) is 0 Å². The van der Waals surface area contributed by atoms with E-state index in [2.05, 4.69) is 16.0 Å². The highest BCUT2D eigenvalue weighted by Gasteiger charge is 2.16. The summed E-state index contributed by atoms with van der Waals surface area (Å²) in [5.41, 5.74) is 1.67. The first-order valence-electron chi connectivity index (χ1n) is 7.68. The standard InChI is InChI=1S/C18H20FN3O3/c1-20-18(24)22-16(23)11-21-17(12-3-7-14(19)8-4-12)13-5-9-15(25-2)10-6-13/h3-10,17,21H,11H2,1-2H3,(H2,20,22,23,24)/t17-/m1/s1. The molecular formula is C18H20FN3O3. The average molecular weight is 345 g/mol. The number of benzene rings is 2. The monoisotopic (exact) mass is 345 g/mol. The first kappa shape index (κ1) is 18.4. The molecule has 0 saturated carbocycles. The highest BCUT2D eigenvalue weighted by molar-refractivity contribution is 5.95. The van der Waals surface area contributed by atoms with Crippen LogP contribution < -0.4 is 20.7 Å². The van der Waals surface area contributed by atoms with Crippen LogP contribution in [-0.2, 0) is 4.79 Å². The minimum atomic E-state index is -0.574. The van der Waals surface area contributed by atoms with E-state index in [9.17, 15) is 14.0 Å². The fraction of sp³-hybridized carbons (Fsp3) is 0.222. The Kier molecular flexibility index (Phi) is 6.47. The van der Waals surface area contributed by atoms with Crippen molar-refractivity contribution < 1.29 is 18.7 Å². The lowest BCUT2D eigenvalue weighted by atomic mass is 9.98. The van der Waals surface area contributed by atoms with Crippen molar-refractivity contribution in [3.8, 4) is 5.75 Å². The molecule has 0 aliphatic heterocycles. The summed E-state index contributed by atoms with van der Waals surface area (Å²) in [6.07, 6.45) is 0. The van der Waals surface area contributed by atoms with Crippen LogP contribution in [0.2, 0.25) is 0 Å². The van der Waals surface area contributed by atoms with Crippen molar-refractivity contribution in [3.05, 3.63) is 65.5 Å². The van der Waals surface area contributed by atoms with Gasteiger partial charge >= 0.3 is 6.03 Å². The van der Waals surface area contributed by atoms with Crippen molar-refractivity contribution in [3.63, 3.8) is 0 Å². The van der Waals surface area contributed by atoms with Crippen LogP contribution in [-0.4, -0.2) is 32.6 Å². The molecule has 0 spiro atoms. The summed E-state index contributed by atoms with van der Waals surface area (Å²) in [5, 5.41) is 7.58. The second-order valence-electron chi connectivity index (χ2n) is 5.27. The molecule has 0 aliphatic carbocycles. The predicted octanol–water partition coefficient (Wildman–Crippen LogP) is 1.97. The molecule has 132 valence electrons. The molecule has 3 N–H and O–H groups in total. The minimum Gasteiger partial charge on any atom is -0.497 e. The Labute approximate surface area is 145 Å². The number of amides is 3. The zero-order chi connectivity index (χ0) is 18.2. The van der Waals surface area contributed by atoms with Crippen molar-refractivity contribution in [1.82, 2.24) is 16.0 Å². The fourth-order valence-corrected chi connectivity index (χ4v) is 2.31. The Morgan fingerprint density at radius 1 is 1.04 bits per heavy atom. The maximum atomic E-state index is 13.2. The van der Waals surface area contributed by atoms with Gasteiger partial charge in [0.1, 0.15) is 11.6 Å². The molecule has 0 aromatic heterocycles. The van der Waals surface area contributed by atoms with Crippen molar-refractivity contribution in [2.75, 3.05) is 20.7 Å². The van der Waals surface area contributed by atoms with Crippen LogP contribution in [0.5, 0.6) is 5.75 Å². The Morgan fingerprint density at radius 3 is 2.12 bits per heavy atom. The number of hydrogen-bond donors (Lipinski definition) is 3. The van der Waals surface area contributed by atoms with Gasteiger partial charge in [0.15, 0.2) is 0 Å². The van der Waals surface area contributed by atoms with Gasteiger partial charge in [-0.1, -0.05) is 24.3 Å². The van der Waals surface area contributed by atoms with Gasteiger partial charge in [0.05, 0.1) is 19.7 Å². The molecule has 0 radical (unpaired) electrons. The smallest absolute Gasteiger partial charge is 0.321 e. The van der Waals surface area contributed by atoms with E-state index in [0.717, 1.165) is 11.1 Å². The Bertz CT molecular complexity index is 717. The third-order valence-corrected chi connectivity index (χ3v) is 3.60. The molecule has 2 rings (SSSR count). The number of hydrogen-bond acceptors (Lipinski definition) is 4. The molecule has 0 unspecified atom stereocenters. The van der Waals surface area contributed by atoms with Gasteiger partial charge in [0.25, 0.3) is 0 Å². The summed E-state index contributed by atoms with van der Waals surface area (Å²) in [6.45, 7) is -0.0819. The number of halogens is 1. The number of carbonyl (C=O) groups excluding carboxylic acids is 2. The lowest BCUT2D eigenvalue weighted by molar-refractivity contribution is -0.119.